The first-order valence-corrected chi connectivity index (χ1v) is 3.50. The molecule has 0 bridgehead atoms. The maximum Gasteiger partial charge on any atom is 0.182 e. The summed E-state index contributed by atoms with van der Waals surface area (Å²) >= 11 is 0. The van der Waals surface area contributed by atoms with Crippen LogP contribution >= 0.6 is 0 Å². The Labute approximate surface area is 53.1 Å². The molecule has 0 aliphatic heterocycles. The van der Waals surface area contributed by atoms with Crippen molar-refractivity contribution in [2.75, 3.05) is 0 Å². The lowest BCUT2D eigenvalue weighted by molar-refractivity contribution is 0.649. The Morgan fingerprint density at radius 3 is 2.38 bits per heavy atom. The van der Waals surface area contributed by atoms with E-state index in [0.29, 0.717) is 0 Å². The van der Waals surface area contributed by atoms with E-state index in [0.717, 1.165) is 11.9 Å². The van der Waals surface area contributed by atoms with E-state index in [-0.39, 0.29) is 0 Å². The highest BCUT2D eigenvalue weighted by molar-refractivity contribution is 6.12. The fourth-order valence-electron chi connectivity index (χ4n) is 1.47. The second-order valence-corrected chi connectivity index (χ2v) is 2.90. The summed E-state index contributed by atoms with van der Waals surface area (Å²) in [5, 5.41) is 3.29. The van der Waals surface area contributed by atoms with Gasteiger partial charge in [-0.05, 0) is 18.9 Å². The van der Waals surface area contributed by atoms with Crippen LogP contribution in [0.3, 0.4) is 0 Å². The molecule has 0 radical (unpaired) electrons. The molecule has 2 atom stereocenters. The molecule has 1 N–H and O–H groups in total. The van der Waals surface area contributed by atoms with Gasteiger partial charge in [-0.25, -0.2) is 0 Å². The highest BCUT2D eigenvalue weighted by Crippen LogP contribution is 2.26. The largest absolute Gasteiger partial charge is 0.359 e. The van der Waals surface area contributed by atoms with Gasteiger partial charge in [0.2, 0.25) is 0 Å². The van der Waals surface area contributed by atoms with Gasteiger partial charge in [0.15, 0.2) is 7.98 Å². The maximum atomic E-state index is 3.29. The molecular weight excluding hydrogens is 95.7 g/mol. The normalized spacial score (nSPS) is 38.0. The van der Waals surface area contributed by atoms with Crippen molar-refractivity contribution in [2.24, 2.45) is 0 Å². The number of hydrogen-bond donors (Lipinski definition) is 1. The molecule has 0 amide bonds. The molecule has 0 spiro atoms. The van der Waals surface area contributed by atoms with Crippen molar-refractivity contribution in [3.05, 3.63) is 0 Å². The van der Waals surface area contributed by atoms with E-state index >= 15 is 0 Å². The molecule has 0 saturated heterocycles. The lowest BCUT2D eigenvalue weighted by Crippen LogP contribution is -2.22. The fraction of sp³-hybridized carbons (Fsp3) is 1.00. The Balaban J connectivity index is 2.22. The summed E-state index contributed by atoms with van der Waals surface area (Å²) in [7, 11) is 4.39. The third kappa shape index (κ3) is 1.28. The summed E-state index contributed by atoms with van der Waals surface area (Å²) in [4.78, 5) is 0. The molecule has 0 aromatic rings. The zero-order chi connectivity index (χ0) is 5.98. The molecule has 1 nitrogen and oxygen atoms in total. The minimum absolute atomic E-state index is 0.824. The lowest BCUT2D eigenvalue weighted by Gasteiger charge is -2.05. The van der Waals surface area contributed by atoms with Crippen LogP contribution in [-0.4, -0.2) is 21.9 Å². The van der Waals surface area contributed by atoms with E-state index in [1.54, 1.807) is 0 Å². The molecule has 1 aliphatic rings. The van der Waals surface area contributed by atoms with Gasteiger partial charge in [-0.2, -0.15) is 0 Å². The van der Waals surface area contributed by atoms with Crippen LogP contribution in [0.25, 0.3) is 0 Å². The lowest BCUT2D eigenvalue weighted by atomic mass is 9.86. The SMILES string of the molecule is BNC1CC[C@H](B)C1. The third-order valence-corrected chi connectivity index (χ3v) is 2.10. The first-order chi connectivity index (χ1) is 3.83. The second kappa shape index (κ2) is 2.58. The predicted octanol–water partition coefficient (Wildman–Crippen LogP) is -0.902. The van der Waals surface area contributed by atoms with Crippen LogP contribution < -0.4 is 5.23 Å². The summed E-state index contributed by atoms with van der Waals surface area (Å²) in [6.45, 7) is 0. The first-order valence-electron chi connectivity index (χ1n) is 3.50. The van der Waals surface area contributed by atoms with E-state index < -0.39 is 0 Å². The summed E-state index contributed by atoms with van der Waals surface area (Å²) in [6, 6.07) is 0.824. The molecule has 1 saturated carbocycles. The molecule has 8 heavy (non-hydrogen) atoms. The van der Waals surface area contributed by atoms with Gasteiger partial charge < -0.3 is 5.23 Å². The van der Waals surface area contributed by atoms with Gasteiger partial charge >= 0.3 is 0 Å². The Morgan fingerprint density at radius 1 is 1.38 bits per heavy atom. The molecule has 44 valence electrons. The molecular formula is C5H13B2N. The topological polar surface area (TPSA) is 12.0 Å². The first kappa shape index (κ1) is 6.21. The fourth-order valence-corrected chi connectivity index (χ4v) is 1.47. The van der Waals surface area contributed by atoms with Crippen LogP contribution in [0.2, 0.25) is 5.82 Å². The maximum absolute atomic E-state index is 3.29. The Hall–Kier alpha value is 0.0899. The summed E-state index contributed by atoms with van der Waals surface area (Å²) in [5.41, 5.74) is 0. The highest BCUT2D eigenvalue weighted by atomic mass is 14.8. The quantitative estimate of drug-likeness (QED) is 0.430. The minimum Gasteiger partial charge on any atom is -0.359 e. The average molecular weight is 109 g/mol. The van der Waals surface area contributed by atoms with Gasteiger partial charge in [0.1, 0.15) is 7.85 Å². The zero-order valence-corrected chi connectivity index (χ0v) is 5.78. The van der Waals surface area contributed by atoms with E-state index in [1.165, 1.54) is 19.3 Å². The van der Waals surface area contributed by atoms with E-state index in [9.17, 15) is 0 Å². The molecule has 3 heteroatoms. The van der Waals surface area contributed by atoms with Gasteiger partial charge in [0.05, 0.1) is 0 Å². The minimum atomic E-state index is 0.824. The molecule has 0 aromatic carbocycles. The van der Waals surface area contributed by atoms with Gasteiger partial charge in [0, 0.05) is 0 Å². The smallest absolute Gasteiger partial charge is 0.182 e. The third-order valence-electron chi connectivity index (χ3n) is 2.10. The summed E-state index contributed by atoms with van der Waals surface area (Å²) < 4.78 is 0. The van der Waals surface area contributed by atoms with Crippen LogP contribution in [0.1, 0.15) is 19.3 Å². The van der Waals surface area contributed by atoms with Crippen LogP contribution in [-0.2, 0) is 0 Å². The van der Waals surface area contributed by atoms with Gasteiger partial charge in [-0.1, -0.05) is 12.2 Å². The molecule has 0 aromatic heterocycles. The molecule has 1 rings (SSSR count). The van der Waals surface area contributed by atoms with Gasteiger partial charge in [0.25, 0.3) is 0 Å². The van der Waals surface area contributed by atoms with Crippen molar-refractivity contribution in [2.45, 2.75) is 31.1 Å². The standard InChI is InChI=1S/C5H13B2N/c6-4-1-2-5(3-4)8-7/h4-5,8H,1-3,6-7H2/t4-,5?/m0/s1. The predicted molar refractivity (Wildman–Crippen MR) is 41.6 cm³/mol. The number of rotatable bonds is 1. The van der Waals surface area contributed by atoms with Crippen molar-refractivity contribution in [3.63, 3.8) is 0 Å². The van der Waals surface area contributed by atoms with Crippen molar-refractivity contribution in [1.82, 2.24) is 5.23 Å². The number of hydrogen-bond acceptors (Lipinski definition) is 1. The van der Waals surface area contributed by atoms with Gasteiger partial charge in [-0.3, -0.25) is 0 Å². The Bertz CT molecular complexity index is 76.8. The van der Waals surface area contributed by atoms with Gasteiger partial charge in [-0.15, -0.1) is 0 Å². The van der Waals surface area contributed by atoms with Crippen LogP contribution in [0.15, 0.2) is 0 Å². The Morgan fingerprint density at radius 2 is 2.12 bits per heavy atom. The molecule has 0 heterocycles. The van der Waals surface area contributed by atoms with Crippen molar-refractivity contribution < 1.29 is 0 Å². The Kier molecular flexibility index (Phi) is 2.01. The van der Waals surface area contributed by atoms with Crippen molar-refractivity contribution >= 4 is 15.8 Å². The highest BCUT2D eigenvalue weighted by Gasteiger charge is 2.18. The van der Waals surface area contributed by atoms with Crippen molar-refractivity contribution in [1.29, 1.82) is 0 Å². The van der Waals surface area contributed by atoms with Crippen LogP contribution in [0, 0.1) is 0 Å². The summed E-state index contributed by atoms with van der Waals surface area (Å²) in [6.07, 6.45) is 4.19. The monoisotopic (exact) mass is 109 g/mol. The van der Waals surface area contributed by atoms with Crippen LogP contribution in [0.4, 0.5) is 0 Å². The number of nitrogens with one attached hydrogen (secondary N) is 1. The van der Waals surface area contributed by atoms with E-state index in [1.807, 2.05) is 0 Å². The van der Waals surface area contributed by atoms with E-state index in [2.05, 4.69) is 21.1 Å². The average Bonchev–Trinajstić information content (AvgIpc) is 2.14. The zero-order valence-electron chi connectivity index (χ0n) is 5.78. The van der Waals surface area contributed by atoms with E-state index in [4.69, 9.17) is 0 Å². The van der Waals surface area contributed by atoms with Crippen molar-refractivity contribution in [3.8, 4) is 0 Å². The molecule has 1 aliphatic carbocycles. The van der Waals surface area contributed by atoms with Crippen LogP contribution in [0.5, 0.6) is 0 Å². The molecule has 1 fully saturated rings. The second-order valence-electron chi connectivity index (χ2n) is 2.90. The summed E-state index contributed by atoms with van der Waals surface area (Å²) in [5.74, 6) is 0.965. The molecule has 1 unspecified atom stereocenters.